The molecule has 5 nitrogen and oxygen atoms in total. The molecule has 1 rings (SSSR count). The van der Waals surface area contributed by atoms with Crippen molar-refractivity contribution in [2.75, 3.05) is 13.2 Å². The Bertz CT molecular complexity index is 514. The second kappa shape index (κ2) is 9.15. The molecule has 0 unspecified atom stereocenters. The predicted molar refractivity (Wildman–Crippen MR) is 83.3 cm³/mol. The van der Waals surface area contributed by atoms with Crippen molar-refractivity contribution in [2.24, 2.45) is 0 Å². The summed E-state index contributed by atoms with van der Waals surface area (Å²) in [4.78, 5) is 0. The Labute approximate surface area is 127 Å². The van der Waals surface area contributed by atoms with E-state index in [0.717, 1.165) is 12.8 Å². The zero-order valence-corrected chi connectivity index (χ0v) is 13.5. The van der Waals surface area contributed by atoms with Gasteiger partial charge in [-0.1, -0.05) is 24.3 Å². The number of aliphatic hydroxyl groups is 1. The van der Waals surface area contributed by atoms with Gasteiger partial charge in [0.25, 0.3) is 0 Å². The molecular formula is C15H25NO4S. The van der Waals surface area contributed by atoms with E-state index >= 15 is 0 Å². The fourth-order valence-electron chi connectivity index (χ4n) is 1.86. The third kappa shape index (κ3) is 8.16. The number of benzene rings is 1. The van der Waals surface area contributed by atoms with E-state index in [1.807, 2.05) is 13.8 Å². The fraction of sp³-hybridized carbons (Fsp3) is 0.600. The molecule has 1 aromatic rings. The number of aliphatic hydroxyl groups excluding tert-OH is 1. The first-order valence-electron chi connectivity index (χ1n) is 7.20. The predicted octanol–water partition coefficient (Wildman–Crippen LogP) is 1.80. The maximum atomic E-state index is 11.9. The fourth-order valence-corrected chi connectivity index (χ4v) is 3.04. The van der Waals surface area contributed by atoms with Gasteiger partial charge in [-0.2, -0.15) is 0 Å². The van der Waals surface area contributed by atoms with Crippen molar-refractivity contribution >= 4 is 10.0 Å². The lowest BCUT2D eigenvalue weighted by Crippen LogP contribution is -2.26. The van der Waals surface area contributed by atoms with Gasteiger partial charge in [0.05, 0.1) is 18.5 Å². The number of unbranched alkanes of at least 4 members (excludes halogenated alkanes) is 1. The topological polar surface area (TPSA) is 75.6 Å². The SMILES string of the molecule is CC(C)OCCCCNS(=O)(=O)Cc1cccc(CO)c1. The first kappa shape index (κ1) is 18.1. The summed E-state index contributed by atoms with van der Waals surface area (Å²) in [5.74, 6) is -0.0661. The minimum absolute atomic E-state index is 0.0661. The Morgan fingerprint density at radius 3 is 2.62 bits per heavy atom. The van der Waals surface area contributed by atoms with Crippen LogP contribution in [-0.4, -0.2) is 32.8 Å². The van der Waals surface area contributed by atoms with Crippen LogP contribution in [0.3, 0.4) is 0 Å². The largest absolute Gasteiger partial charge is 0.392 e. The molecule has 0 spiro atoms. The quantitative estimate of drug-likeness (QED) is 0.646. The van der Waals surface area contributed by atoms with E-state index in [9.17, 15) is 8.42 Å². The van der Waals surface area contributed by atoms with Crippen LogP contribution in [0.4, 0.5) is 0 Å². The second-order valence-electron chi connectivity index (χ2n) is 5.26. The highest BCUT2D eigenvalue weighted by Gasteiger charge is 2.11. The van der Waals surface area contributed by atoms with Gasteiger partial charge < -0.3 is 9.84 Å². The average molecular weight is 315 g/mol. The zero-order chi connectivity index (χ0) is 15.7. The number of ether oxygens (including phenoxy) is 1. The molecule has 0 saturated carbocycles. The van der Waals surface area contributed by atoms with Gasteiger partial charge in [-0.25, -0.2) is 13.1 Å². The Hall–Kier alpha value is -0.950. The molecule has 21 heavy (non-hydrogen) atoms. The number of rotatable bonds is 10. The van der Waals surface area contributed by atoms with Gasteiger partial charge >= 0.3 is 0 Å². The van der Waals surface area contributed by atoms with Crippen molar-refractivity contribution in [1.29, 1.82) is 0 Å². The number of hydrogen-bond donors (Lipinski definition) is 2. The maximum absolute atomic E-state index is 11.9. The molecule has 0 aliphatic carbocycles. The van der Waals surface area contributed by atoms with Crippen LogP contribution >= 0.6 is 0 Å². The van der Waals surface area contributed by atoms with Gasteiger partial charge in [-0.05, 0) is 37.8 Å². The third-order valence-electron chi connectivity index (χ3n) is 2.87. The van der Waals surface area contributed by atoms with E-state index < -0.39 is 10.0 Å². The molecule has 0 aliphatic rings. The van der Waals surface area contributed by atoms with Gasteiger partial charge in [-0.3, -0.25) is 0 Å². The Morgan fingerprint density at radius 1 is 1.24 bits per heavy atom. The van der Waals surface area contributed by atoms with E-state index in [1.54, 1.807) is 24.3 Å². The first-order valence-corrected chi connectivity index (χ1v) is 8.86. The summed E-state index contributed by atoms with van der Waals surface area (Å²) in [6, 6.07) is 6.96. The van der Waals surface area contributed by atoms with Crippen LogP contribution in [-0.2, 0) is 27.1 Å². The number of nitrogens with one attached hydrogen (secondary N) is 1. The summed E-state index contributed by atoms with van der Waals surface area (Å²) in [6.45, 7) is 4.94. The second-order valence-corrected chi connectivity index (χ2v) is 7.06. The highest BCUT2D eigenvalue weighted by atomic mass is 32.2. The molecule has 120 valence electrons. The lowest BCUT2D eigenvalue weighted by molar-refractivity contribution is 0.0762. The van der Waals surface area contributed by atoms with Crippen LogP contribution in [0.15, 0.2) is 24.3 Å². The van der Waals surface area contributed by atoms with Crippen molar-refractivity contribution in [3.05, 3.63) is 35.4 Å². The molecule has 0 radical (unpaired) electrons. The van der Waals surface area contributed by atoms with Crippen LogP contribution < -0.4 is 4.72 Å². The van der Waals surface area contributed by atoms with Crippen molar-refractivity contribution in [2.45, 2.75) is 45.2 Å². The highest BCUT2D eigenvalue weighted by Crippen LogP contribution is 2.08. The minimum atomic E-state index is -3.34. The van der Waals surface area contributed by atoms with Crippen molar-refractivity contribution < 1.29 is 18.3 Å². The molecular weight excluding hydrogens is 290 g/mol. The summed E-state index contributed by atoms with van der Waals surface area (Å²) in [6.07, 6.45) is 1.80. The molecule has 0 amide bonds. The molecule has 6 heteroatoms. The summed E-state index contributed by atoms with van der Waals surface area (Å²) in [7, 11) is -3.34. The molecule has 0 atom stereocenters. The van der Waals surface area contributed by atoms with Crippen LogP contribution in [0.1, 0.15) is 37.8 Å². The standard InChI is InChI=1S/C15H25NO4S/c1-13(2)20-9-4-3-8-16-21(18,19)12-15-7-5-6-14(10-15)11-17/h5-7,10,13,16-17H,3-4,8-9,11-12H2,1-2H3. The van der Waals surface area contributed by atoms with Gasteiger partial charge in [0, 0.05) is 13.2 Å². The van der Waals surface area contributed by atoms with Crippen LogP contribution in [0, 0.1) is 0 Å². The molecule has 2 N–H and O–H groups in total. The van der Waals surface area contributed by atoms with E-state index in [-0.39, 0.29) is 18.5 Å². The summed E-state index contributed by atoms with van der Waals surface area (Å²) in [5, 5.41) is 9.05. The van der Waals surface area contributed by atoms with Crippen LogP contribution in [0.5, 0.6) is 0 Å². The van der Waals surface area contributed by atoms with E-state index in [4.69, 9.17) is 9.84 Å². The third-order valence-corrected chi connectivity index (χ3v) is 4.23. The Kier molecular flexibility index (Phi) is 7.88. The summed E-state index contributed by atoms with van der Waals surface area (Å²) >= 11 is 0. The molecule has 0 bridgehead atoms. The van der Waals surface area contributed by atoms with E-state index in [2.05, 4.69) is 4.72 Å². The van der Waals surface area contributed by atoms with Crippen LogP contribution in [0.25, 0.3) is 0 Å². The van der Waals surface area contributed by atoms with Crippen LogP contribution in [0.2, 0.25) is 0 Å². The molecule has 1 aromatic carbocycles. The highest BCUT2D eigenvalue weighted by molar-refractivity contribution is 7.88. The summed E-state index contributed by atoms with van der Waals surface area (Å²) < 4.78 is 31.9. The Morgan fingerprint density at radius 2 is 1.95 bits per heavy atom. The number of sulfonamides is 1. The average Bonchev–Trinajstić information content (AvgIpc) is 2.42. The lowest BCUT2D eigenvalue weighted by atomic mass is 10.1. The molecule has 0 aromatic heterocycles. The first-order chi connectivity index (χ1) is 9.93. The lowest BCUT2D eigenvalue weighted by Gasteiger charge is -2.09. The molecule has 0 heterocycles. The van der Waals surface area contributed by atoms with E-state index in [0.29, 0.717) is 24.3 Å². The molecule has 0 saturated heterocycles. The Balaban J connectivity index is 2.33. The minimum Gasteiger partial charge on any atom is -0.392 e. The number of hydrogen-bond acceptors (Lipinski definition) is 4. The van der Waals surface area contributed by atoms with Gasteiger partial charge in [0.15, 0.2) is 0 Å². The summed E-state index contributed by atoms with van der Waals surface area (Å²) in [5.41, 5.74) is 1.39. The van der Waals surface area contributed by atoms with Gasteiger partial charge in [0.2, 0.25) is 10.0 Å². The zero-order valence-electron chi connectivity index (χ0n) is 12.7. The van der Waals surface area contributed by atoms with Gasteiger partial charge in [0.1, 0.15) is 0 Å². The normalized spacial score (nSPS) is 12.0. The van der Waals surface area contributed by atoms with Crippen molar-refractivity contribution in [3.63, 3.8) is 0 Å². The monoisotopic (exact) mass is 315 g/mol. The smallest absolute Gasteiger partial charge is 0.215 e. The van der Waals surface area contributed by atoms with E-state index in [1.165, 1.54) is 0 Å². The van der Waals surface area contributed by atoms with Crippen molar-refractivity contribution in [3.8, 4) is 0 Å². The van der Waals surface area contributed by atoms with Crippen molar-refractivity contribution in [1.82, 2.24) is 4.72 Å². The maximum Gasteiger partial charge on any atom is 0.215 e. The molecule has 0 fully saturated rings. The molecule has 0 aliphatic heterocycles. The van der Waals surface area contributed by atoms with Gasteiger partial charge in [-0.15, -0.1) is 0 Å².